The average molecular weight is 306 g/mol. The summed E-state index contributed by atoms with van der Waals surface area (Å²) in [4.78, 5) is 18.3. The number of likely N-dealkylation sites (tertiary alicyclic amines) is 1. The minimum atomic E-state index is -0.738. The molecule has 1 N–H and O–H groups in total. The smallest absolute Gasteiger partial charge is 0.251 e. The van der Waals surface area contributed by atoms with Gasteiger partial charge in [0.2, 0.25) is 0 Å². The van der Waals surface area contributed by atoms with Crippen LogP contribution in [0.25, 0.3) is 0 Å². The highest BCUT2D eigenvalue weighted by atomic mass is 16.5. The molecule has 1 aromatic heterocycles. The Kier molecular flexibility index (Phi) is 5.53. The number of ether oxygens (including phenoxy) is 1. The van der Waals surface area contributed by atoms with E-state index in [1.54, 1.807) is 19.5 Å². The summed E-state index contributed by atoms with van der Waals surface area (Å²) >= 11 is 0. The van der Waals surface area contributed by atoms with Gasteiger partial charge >= 0.3 is 0 Å². The van der Waals surface area contributed by atoms with E-state index >= 15 is 0 Å². The number of hydrogen-bond acceptors (Lipinski definition) is 4. The molecule has 5 heteroatoms. The average Bonchev–Trinajstić information content (AvgIpc) is 2.49. The Morgan fingerprint density at radius 2 is 1.95 bits per heavy atom. The summed E-state index contributed by atoms with van der Waals surface area (Å²) in [6, 6.07) is 3.85. The number of amides is 1. The van der Waals surface area contributed by atoms with Crippen LogP contribution < -0.4 is 0 Å². The van der Waals surface area contributed by atoms with E-state index in [1.165, 1.54) is 0 Å². The van der Waals surface area contributed by atoms with Crippen LogP contribution >= 0.6 is 0 Å². The number of carbonyl (C=O) groups is 1. The molecule has 2 rings (SSSR count). The lowest BCUT2D eigenvalue weighted by Gasteiger charge is -2.39. The number of methoxy groups -OCH3 is 1. The quantitative estimate of drug-likeness (QED) is 0.898. The summed E-state index contributed by atoms with van der Waals surface area (Å²) in [5.41, 5.74) is 0.340. The van der Waals surface area contributed by atoms with E-state index in [4.69, 9.17) is 4.74 Å². The van der Waals surface area contributed by atoms with Crippen molar-refractivity contribution in [1.29, 1.82) is 0 Å². The minimum Gasteiger partial charge on any atom is -0.389 e. The van der Waals surface area contributed by atoms with Gasteiger partial charge in [0.05, 0.1) is 5.60 Å². The zero-order valence-corrected chi connectivity index (χ0v) is 13.7. The lowest BCUT2D eigenvalue weighted by molar-refractivity contribution is -0.148. The molecule has 1 atom stereocenters. The van der Waals surface area contributed by atoms with E-state index < -0.39 is 11.7 Å². The Bertz CT molecular complexity index is 482. The zero-order chi connectivity index (χ0) is 16.2. The molecular weight excluding hydrogens is 280 g/mol. The maximum absolute atomic E-state index is 12.5. The van der Waals surface area contributed by atoms with Crippen molar-refractivity contribution in [2.45, 2.75) is 44.8 Å². The summed E-state index contributed by atoms with van der Waals surface area (Å²) in [5.74, 6) is 0.179. The molecular formula is C17H26N2O3. The number of pyridine rings is 1. The van der Waals surface area contributed by atoms with Crippen molar-refractivity contribution >= 4 is 5.91 Å². The standard InChI is InChI=1S/C17H26N2O3/c1-13(2)15(22-3)16(20)19-10-6-17(21,7-11-19)12-14-4-8-18-9-5-14/h4-5,8-9,13,15,21H,6-7,10-12H2,1-3H3. The van der Waals surface area contributed by atoms with Crippen molar-refractivity contribution in [3.05, 3.63) is 30.1 Å². The first-order valence-electron chi connectivity index (χ1n) is 7.88. The van der Waals surface area contributed by atoms with Crippen LogP contribution in [-0.4, -0.2) is 52.8 Å². The molecule has 122 valence electrons. The summed E-state index contributed by atoms with van der Waals surface area (Å²) in [6.45, 7) is 5.12. The zero-order valence-electron chi connectivity index (χ0n) is 13.7. The second-order valence-corrected chi connectivity index (χ2v) is 6.48. The van der Waals surface area contributed by atoms with Gasteiger partial charge in [-0.05, 0) is 36.5 Å². The van der Waals surface area contributed by atoms with Crippen molar-refractivity contribution in [3.63, 3.8) is 0 Å². The predicted molar refractivity (Wildman–Crippen MR) is 84.3 cm³/mol. The number of piperidine rings is 1. The first-order chi connectivity index (χ1) is 10.4. The third kappa shape index (κ3) is 4.05. The molecule has 0 aliphatic carbocycles. The molecule has 1 aliphatic heterocycles. The lowest BCUT2D eigenvalue weighted by Crippen LogP contribution is -2.51. The number of carbonyl (C=O) groups excluding carboxylic acids is 1. The Morgan fingerprint density at radius 3 is 2.45 bits per heavy atom. The van der Waals surface area contributed by atoms with Gasteiger partial charge in [-0.2, -0.15) is 0 Å². The number of hydrogen-bond donors (Lipinski definition) is 1. The van der Waals surface area contributed by atoms with Crippen molar-refractivity contribution in [1.82, 2.24) is 9.88 Å². The molecule has 1 amide bonds. The van der Waals surface area contributed by atoms with Crippen molar-refractivity contribution in [3.8, 4) is 0 Å². The highest BCUT2D eigenvalue weighted by Crippen LogP contribution is 2.27. The van der Waals surface area contributed by atoms with Crippen LogP contribution in [0.15, 0.2) is 24.5 Å². The molecule has 1 aliphatic rings. The fourth-order valence-electron chi connectivity index (χ4n) is 3.04. The molecule has 1 fully saturated rings. The molecule has 22 heavy (non-hydrogen) atoms. The van der Waals surface area contributed by atoms with Crippen LogP contribution in [0.4, 0.5) is 0 Å². The van der Waals surface area contributed by atoms with Gasteiger partial charge in [0.15, 0.2) is 0 Å². The Balaban J connectivity index is 1.93. The van der Waals surface area contributed by atoms with E-state index in [0.29, 0.717) is 32.4 Å². The SMILES string of the molecule is COC(C(=O)N1CCC(O)(Cc2ccncc2)CC1)C(C)C. The molecule has 5 nitrogen and oxygen atoms in total. The molecule has 2 heterocycles. The van der Waals surface area contributed by atoms with Crippen LogP contribution in [0.1, 0.15) is 32.3 Å². The van der Waals surface area contributed by atoms with Crippen LogP contribution in [0.3, 0.4) is 0 Å². The van der Waals surface area contributed by atoms with Gasteiger partial charge in [-0.1, -0.05) is 13.8 Å². The van der Waals surface area contributed by atoms with E-state index in [9.17, 15) is 9.90 Å². The largest absolute Gasteiger partial charge is 0.389 e. The van der Waals surface area contributed by atoms with Gasteiger partial charge in [0.25, 0.3) is 5.91 Å². The second kappa shape index (κ2) is 7.20. The Morgan fingerprint density at radius 1 is 1.36 bits per heavy atom. The van der Waals surface area contributed by atoms with Crippen LogP contribution in [-0.2, 0) is 16.0 Å². The van der Waals surface area contributed by atoms with E-state index in [0.717, 1.165) is 5.56 Å². The number of nitrogens with zero attached hydrogens (tertiary/aromatic N) is 2. The third-order valence-corrected chi connectivity index (χ3v) is 4.39. The van der Waals surface area contributed by atoms with Crippen molar-refractivity contribution in [2.75, 3.05) is 20.2 Å². The predicted octanol–water partition coefficient (Wildman–Crippen LogP) is 1.65. The second-order valence-electron chi connectivity index (χ2n) is 6.48. The fraction of sp³-hybridized carbons (Fsp3) is 0.647. The van der Waals surface area contributed by atoms with Gasteiger partial charge in [0, 0.05) is 39.0 Å². The molecule has 0 spiro atoms. The highest BCUT2D eigenvalue weighted by Gasteiger charge is 2.36. The summed E-state index contributed by atoms with van der Waals surface area (Å²) in [6.07, 6.45) is 4.87. The van der Waals surface area contributed by atoms with Gasteiger partial charge in [-0.15, -0.1) is 0 Å². The van der Waals surface area contributed by atoms with Gasteiger partial charge in [0.1, 0.15) is 6.10 Å². The molecule has 1 unspecified atom stereocenters. The topological polar surface area (TPSA) is 62.7 Å². The molecule has 0 radical (unpaired) electrons. The molecule has 0 saturated carbocycles. The van der Waals surface area contributed by atoms with Gasteiger partial charge in [-0.25, -0.2) is 0 Å². The van der Waals surface area contributed by atoms with E-state index in [-0.39, 0.29) is 11.8 Å². The number of rotatable bonds is 5. The van der Waals surface area contributed by atoms with E-state index in [2.05, 4.69) is 4.98 Å². The first-order valence-corrected chi connectivity index (χ1v) is 7.88. The van der Waals surface area contributed by atoms with Crippen LogP contribution in [0, 0.1) is 5.92 Å². The molecule has 0 bridgehead atoms. The number of aromatic nitrogens is 1. The van der Waals surface area contributed by atoms with Gasteiger partial charge in [-0.3, -0.25) is 9.78 Å². The lowest BCUT2D eigenvalue weighted by atomic mass is 9.85. The Hall–Kier alpha value is -1.46. The van der Waals surface area contributed by atoms with Crippen molar-refractivity contribution < 1.29 is 14.6 Å². The minimum absolute atomic E-state index is 0.0310. The highest BCUT2D eigenvalue weighted by molar-refractivity contribution is 5.81. The maximum atomic E-state index is 12.5. The van der Waals surface area contributed by atoms with Crippen molar-refractivity contribution in [2.24, 2.45) is 5.92 Å². The first kappa shape index (κ1) is 16.9. The molecule has 1 saturated heterocycles. The number of aliphatic hydroxyl groups is 1. The third-order valence-electron chi connectivity index (χ3n) is 4.39. The normalized spacial score (nSPS) is 19.2. The van der Waals surface area contributed by atoms with Gasteiger partial charge < -0.3 is 14.7 Å². The summed E-state index contributed by atoms with van der Waals surface area (Å²) < 4.78 is 5.31. The molecule has 1 aromatic rings. The summed E-state index contributed by atoms with van der Waals surface area (Å²) in [5, 5.41) is 10.7. The maximum Gasteiger partial charge on any atom is 0.251 e. The Labute approximate surface area is 132 Å². The summed E-state index contributed by atoms with van der Waals surface area (Å²) in [7, 11) is 1.58. The monoisotopic (exact) mass is 306 g/mol. The van der Waals surface area contributed by atoms with Crippen LogP contribution in [0.5, 0.6) is 0 Å². The van der Waals surface area contributed by atoms with Crippen LogP contribution in [0.2, 0.25) is 0 Å². The fourth-order valence-corrected chi connectivity index (χ4v) is 3.04. The van der Waals surface area contributed by atoms with E-state index in [1.807, 2.05) is 30.9 Å². The molecule has 0 aromatic carbocycles.